The first-order valence-corrected chi connectivity index (χ1v) is 8.13. The molecule has 1 aromatic carbocycles. The minimum absolute atomic E-state index is 0.0859. The second-order valence-electron chi connectivity index (χ2n) is 5.81. The summed E-state index contributed by atoms with van der Waals surface area (Å²) in [5.41, 5.74) is 0.911. The van der Waals surface area contributed by atoms with E-state index in [1.165, 1.54) is 13.2 Å². The van der Waals surface area contributed by atoms with Gasteiger partial charge in [0.1, 0.15) is 0 Å². The first kappa shape index (κ1) is 17.5. The van der Waals surface area contributed by atoms with E-state index >= 15 is 0 Å². The van der Waals surface area contributed by atoms with Gasteiger partial charge in [-0.05, 0) is 49.8 Å². The third-order valence-corrected chi connectivity index (χ3v) is 4.26. The van der Waals surface area contributed by atoms with Crippen molar-refractivity contribution in [1.29, 1.82) is 0 Å². The fourth-order valence-electron chi connectivity index (χ4n) is 2.99. The summed E-state index contributed by atoms with van der Waals surface area (Å²) in [7, 11) is 1.43. The van der Waals surface area contributed by atoms with E-state index in [9.17, 15) is 9.18 Å². The van der Waals surface area contributed by atoms with Gasteiger partial charge >= 0.3 is 6.03 Å². The minimum Gasteiger partial charge on any atom is -0.494 e. The van der Waals surface area contributed by atoms with E-state index in [0.29, 0.717) is 19.4 Å². The standard InChI is InChI=1S/C17H25FN2O3/c1-23-16-12-13(5-6-15(16)18)7-9-19-17(22)20-10-3-2-4-14(20)8-11-21/h5-6,12,14,21H,2-4,7-11H2,1H3,(H,19,22). The summed E-state index contributed by atoms with van der Waals surface area (Å²) >= 11 is 0. The fourth-order valence-corrected chi connectivity index (χ4v) is 2.99. The summed E-state index contributed by atoms with van der Waals surface area (Å²) in [6.45, 7) is 1.32. The zero-order valence-electron chi connectivity index (χ0n) is 13.6. The van der Waals surface area contributed by atoms with Gasteiger partial charge < -0.3 is 20.1 Å². The number of nitrogens with zero attached hydrogens (tertiary/aromatic N) is 1. The molecule has 1 fully saturated rings. The number of aliphatic hydroxyl groups is 1. The predicted molar refractivity (Wildman–Crippen MR) is 86.1 cm³/mol. The molecule has 1 unspecified atom stereocenters. The number of aliphatic hydroxyl groups excluding tert-OH is 1. The number of nitrogens with one attached hydrogen (secondary N) is 1. The summed E-state index contributed by atoms with van der Waals surface area (Å²) in [4.78, 5) is 14.1. The van der Waals surface area contributed by atoms with Crippen LogP contribution >= 0.6 is 0 Å². The van der Waals surface area contributed by atoms with Gasteiger partial charge in [0.15, 0.2) is 11.6 Å². The second kappa shape index (κ2) is 8.72. The fraction of sp³-hybridized carbons (Fsp3) is 0.588. The molecule has 2 amide bonds. The Labute approximate surface area is 136 Å². The molecule has 1 aliphatic heterocycles. The number of carbonyl (C=O) groups excluding carboxylic acids is 1. The number of hydrogen-bond acceptors (Lipinski definition) is 3. The van der Waals surface area contributed by atoms with Crippen LogP contribution < -0.4 is 10.1 Å². The summed E-state index contributed by atoms with van der Waals surface area (Å²) in [6, 6.07) is 4.76. The first-order chi connectivity index (χ1) is 11.2. The van der Waals surface area contributed by atoms with Crippen LogP contribution in [0.3, 0.4) is 0 Å². The molecule has 1 aliphatic rings. The van der Waals surface area contributed by atoms with Gasteiger partial charge in [-0.2, -0.15) is 0 Å². The molecule has 2 rings (SSSR count). The van der Waals surface area contributed by atoms with Gasteiger partial charge in [-0.25, -0.2) is 9.18 Å². The van der Waals surface area contributed by atoms with Gasteiger partial charge in [-0.1, -0.05) is 6.07 Å². The number of likely N-dealkylation sites (tertiary alicyclic amines) is 1. The van der Waals surface area contributed by atoms with E-state index in [4.69, 9.17) is 9.84 Å². The molecule has 128 valence electrons. The molecular weight excluding hydrogens is 299 g/mol. The van der Waals surface area contributed by atoms with Crippen LogP contribution in [-0.2, 0) is 6.42 Å². The third-order valence-electron chi connectivity index (χ3n) is 4.26. The number of hydrogen-bond donors (Lipinski definition) is 2. The topological polar surface area (TPSA) is 61.8 Å². The number of ether oxygens (including phenoxy) is 1. The SMILES string of the molecule is COc1cc(CCNC(=O)N2CCCCC2CCO)ccc1F. The normalized spacial score (nSPS) is 17.9. The molecule has 0 radical (unpaired) electrons. The van der Waals surface area contributed by atoms with Crippen molar-refractivity contribution in [3.05, 3.63) is 29.6 Å². The summed E-state index contributed by atoms with van der Waals surface area (Å²) in [5, 5.41) is 12.0. The molecule has 0 aliphatic carbocycles. The number of rotatable bonds is 6. The zero-order valence-corrected chi connectivity index (χ0v) is 13.6. The lowest BCUT2D eigenvalue weighted by atomic mass is 10.0. The van der Waals surface area contributed by atoms with E-state index in [2.05, 4.69) is 5.32 Å². The van der Waals surface area contributed by atoms with Gasteiger partial charge in [0.2, 0.25) is 0 Å². The van der Waals surface area contributed by atoms with Crippen molar-refractivity contribution in [3.8, 4) is 5.75 Å². The summed E-state index contributed by atoms with van der Waals surface area (Å²) in [6.07, 6.45) is 4.29. The Morgan fingerprint density at radius 3 is 3.04 bits per heavy atom. The number of carbonyl (C=O) groups is 1. The third kappa shape index (κ3) is 4.82. The van der Waals surface area contributed by atoms with Crippen LogP contribution in [0.4, 0.5) is 9.18 Å². The molecule has 0 aromatic heterocycles. The van der Waals surface area contributed by atoms with Crippen molar-refractivity contribution in [2.24, 2.45) is 0 Å². The predicted octanol–water partition coefficient (Wildman–Crippen LogP) is 2.32. The number of urea groups is 1. The Morgan fingerprint density at radius 2 is 2.30 bits per heavy atom. The molecule has 1 heterocycles. The molecule has 2 N–H and O–H groups in total. The van der Waals surface area contributed by atoms with Crippen LogP contribution in [0.5, 0.6) is 5.75 Å². The quantitative estimate of drug-likeness (QED) is 0.844. The zero-order chi connectivity index (χ0) is 16.7. The first-order valence-electron chi connectivity index (χ1n) is 8.13. The summed E-state index contributed by atoms with van der Waals surface area (Å²) < 4.78 is 18.3. The smallest absolute Gasteiger partial charge is 0.317 e. The molecule has 23 heavy (non-hydrogen) atoms. The molecule has 0 saturated carbocycles. The highest BCUT2D eigenvalue weighted by atomic mass is 19.1. The lowest BCUT2D eigenvalue weighted by molar-refractivity contribution is 0.132. The lowest BCUT2D eigenvalue weighted by Crippen LogP contribution is -2.49. The Kier molecular flexibility index (Phi) is 6.65. The number of amides is 2. The number of methoxy groups -OCH3 is 1. The van der Waals surface area contributed by atoms with Crippen LogP contribution in [-0.4, -0.2) is 48.9 Å². The average molecular weight is 324 g/mol. The van der Waals surface area contributed by atoms with Crippen LogP contribution in [0.25, 0.3) is 0 Å². The molecular formula is C17H25FN2O3. The lowest BCUT2D eigenvalue weighted by Gasteiger charge is -2.35. The van der Waals surface area contributed by atoms with Crippen molar-refractivity contribution in [3.63, 3.8) is 0 Å². The molecule has 0 bridgehead atoms. The number of piperidine rings is 1. The van der Waals surface area contributed by atoms with Crippen molar-refractivity contribution in [2.45, 2.75) is 38.1 Å². The average Bonchev–Trinajstić information content (AvgIpc) is 2.57. The highest BCUT2D eigenvalue weighted by molar-refractivity contribution is 5.74. The van der Waals surface area contributed by atoms with E-state index in [1.807, 2.05) is 4.90 Å². The summed E-state index contributed by atoms with van der Waals surface area (Å²) in [5.74, 6) is -0.173. The van der Waals surface area contributed by atoms with Crippen LogP contribution in [0.1, 0.15) is 31.2 Å². The molecule has 1 saturated heterocycles. The van der Waals surface area contributed by atoms with Crippen molar-refractivity contribution >= 4 is 6.03 Å². The molecule has 0 spiro atoms. The number of halogens is 1. The molecule has 6 heteroatoms. The van der Waals surface area contributed by atoms with E-state index in [0.717, 1.165) is 31.4 Å². The van der Waals surface area contributed by atoms with Gasteiger partial charge in [-0.3, -0.25) is 0 Å². The molecule has 1 atom stereocenters. The van der Waals surface area contributed by atoms with Crippen LogP contribution in [0, 0.1) is 5.82 Å². The van der Waals surface area contributed by atoms with Gasteiger partial charge in [0.25, 0.3) is 0 Å². The molecule has 1 aromatic rings. The maximum atomic E-state index is 13.4. The Bertz CT molecular complexity index is 523. The Hall–Kier alpha value is -1.82. The Morgan fingerprint density at radius 1 is 1.48 bits per heavy atom. The second-order valence-corrected chi connectivity index (χ2v) is 5.81. The monoisotopic (exact) mass is 324 g/mol. The van der Waals surface area contributed by atoms with Crippen molar-refractivity contribution in [2.75, 3.05) is 26.8 Å². The Balaban J connectivity index is 1.84. The van der Waals surface area contributed by atoms with E-state index < -0.39 is 0 Å². The van der Waals surface area contributed by atoms with E-state index in [1.54, 1.807) is 12.1 Å². The maximum absolute atomic E-state index is 13.4. The van der Waals surface area contributed by atoms with Crippen molar-refractivity contribution < 1.29 is 19.0 Å². The highest BCUT2D eigenvalue weighted by Gasteiger charge is 2.25. The van der Waals surface area contributed by atoms with Crippen LogP contribution in [0.15, 0.2) is 18.2 Å². The molecule has 5 nitrogen and oxygen atoms in total. The highest BCUT2D eigenvalue weighted by Crippen LogP contribution is 2.20. The number of benzene rings is 1. The van der Waals surface area contributed by atoms with Gasteiger partial charge in [-0.15, -0.1) is 0 Å². The minimum atomic E-state index is -0.388. The van der Waals surface area contributed by atoms with Crippen molar-refractivity contribution in [1.82, 2.24) is 10.2 Å². The largest absolute Gasteiger partial charge is 0.494 e. The van der Waals surface area contributed by atoms with Crippen LogP contribution in [0.2, 0.25) is 0 Å². The van der Waals surface area contributed by atoms with E-state index in [-0.39, 0.29) is 30.2 Å². The van der Waals surface area contributed by atoms with Gasteiger partial charge in [0, 0.05) is 25.7 Å². The maximum Gasteiger partial charge on any atom is 0.317 e. The van der Waals surface area contributed by atoms with Gasteiger partial charge in [0.05, 0.1) is 7.11 Å².